The van der Waals surface area contributed by atoms with Crippen molar-refractivity contribution >= 4 is 21.6 Å². The molecule has 1 heterocycles. The van der Waals surface area contributed by atoms with Crippen LogP contribution in [0, 0.1) is 0 Å². The van der Waals surface area contributed by atoms with E-state index in [1.807, 2.05) is 0 Å². The molecule has 0 radical (unpaired) electrons. The highest BCUT2D eigenvalue weighted by Gasteiger charge is 2.30. The van der Waals surface area contributed by atoms with E-state index < -0.39 is 34.2 Å². The first-order valence-corrected chi connectivity index (χ1v) is 9.22. The second-order valence-electron chi connectivity index (χ2n) is 5.48. The number of benzene rings is 1. The maximum atomic E-state index is 12.5. The second kappa shape index (κ2) is 7.83. The number of pyridine rings is 1. The Morgan fingerprint density at radius 2 is 1.81 bits per heavy atom. The first-order chi connectivity index (χ1) is 12.1. The zero-order valence-electron chi connectivity index (χ0n) is 13.7. The van der Waals surface area contributed by atoms with Crippen molar-refractivity contribution < 1.29 is 26.4 Å². The summed E-state index contributed by atoms with van der Waals surface area (Å²) >= 11 is 0. The average molecular weight is 387 g/mol. The fraction of sp³-hybridized carbons (Fsp3) is 0.250. The summed E-state index contributed by atoms with van der Waals surface area (Å²) < 4.78 is 62.2. The van der Waals surface area contributed by atoms with E-state index in [-0.39, 0.29) is 12.2 Å². The van der Waals surface area contributed by atoms with E-state index in [1.165, 1.54) is 6.20 Å². The number of alkyl halides is 3. The molecule has 0 aliphatic carbocycles. The van der Waals surface area contributed by atoms with Gasteiger partial charge in [0.2, 0.25) is 15.9 Å². The molecule has 0 saturated heterocycles. The number of hydrogen-bond acceptors (Lipinski definition) is 4. The molecule has 0 aliphatic heterocycles. The average Bonchev–Trinajstić information content (AvgIpc) is 2.54. The summed E-state index contributed by atoms with van der Waals surface area (Å²) in [4.78, 5) is 16.1. The molecule has 6 nitrogen and oxygen atoms in total. The van der Waals surface area contributed by atoms with Crippen molar-refractivity contribution in [3.8, 4) is 0 Å². The Morgan fingerprint density at radius 1 is 1.15 bits per heavy atom. The largest absolute Gasteiger partial charge is 0.416 e. The van der Waals surface area contributed by atoms with Crippen molar-refractivity contribution in [2.75, 3.05) is 18.1 Å². The zero-order chi connectivity index (χ0) is 19.4. The molecular formula is C16H16F3N3O3S. The number of nitrogens with one attached hydrogen (secondary N) is 1. The van der Waals surface area contributed by atoms with E-state index in [2.05, 4.69) is 10.3 Å². The van der Waals surface area contributed by atoms with Crippen LogP contribution in [0.2, 0.25) is 0 Å². The minimum atomic E-state index is -4.47. The van der Waals surface area contributed by atoms with E-state index in [0.717, 1.165) is 34.8 Å². The summed E-state index contributed by atoms with van der Waals surface area (Å²) in [6.07, 6.45) is -2.02. The highest BCUT2D eigenvalue weighted by Crippen LogP contribution is 2.29. The second-order valence-corrected chi connectivity index (χ2v) is 7.46. The smallest absolute Gasteiger partial charge is 0.325 e. The third-order valence-corrected chi connectivity index (χ3v) is 4.55. The van der Waals surface area contributed by atoms with Gasteiger partial charge in [0, 0.05) is 11.9 Å². The van der Waals surface area contributed by atoms with Crippen LogP contribution < -0.4 is 5.32 Å². The monoisotopic (exact) mass is 387 g/mol. The number of carbonyl (C=O) groups excluding carboxylic acids is 1. The highest BCUT2D eigenvalue weighted by atomic mass is 32.2. The number of anilines is 1. The van der Waals surface area contributed by atoms with Crippen LogP contribution in [0.5, 0.6) is 0 Å². The molecule has 0 bridgehead atoms. The van der Waals surface area contributed by atoms with Crippen LogP contribution in [-0.2, 0) is 27.5 Å². The third kappa shape index (κ3) is 5.81. The summed E-state index contributed by atoms with van der Waals surface area (Å²) in [5.74, 6) is -0.675. The Labute approximate surface area is 148 Å². The number of amides is 1. The predicted octanol–water partition coefficient (Wildman–Crippen LogP) is 2.50. The molecular weight excluding hydrogens is 371 g/mol. The fourth-order valence-corrected chi connectivity index (χ4v) is 2.78. The SMILES string of the molecule is CS(=O)(=O)N(CC(=O)Nc1ccc(C(F)(F)F)cc1)Cc1ccccn1. The Kier molecular flexibility index (Phi) is 5.98. The van der Waals surface area contributed by atoms with Crippen LogP contribution >= 0.6 is 0 Å². The highest BCUT2D eigenvalue weighted by molar-refractivity contribution is 7.88. The molecule has 0 aliphatic rings. The third-order valence-electron chi connectivity index (χ3n) is 3.35. The molecule has 1 N–H and O–H groups in total. The normalized spacial score (nSPS) is 12.2. The van der Waals surface area contributed by atoms with E-state index in [0.29, 0.717) is 5.69 Å². The van der Waals surface area contributed by atoms with Gasteiger partial charge in [-0.1, -0.05) is 6.07 Å². The van der Waals surface area contributed by atoms with Gasteiger partial charge < -0.3 is 5.32 Å². The van der Waals surface area contributed by atoms with Crippen molar-refractivity contribution in [3.05, 3.63) is 59.9 Å². The minimum Gasteiger partial charge on any atom is -0.325 e. The van der Waals surface area contributed by atoms with Crippen LogP contribution in [0.25, 0.3) is 0 Å². The summed E-state index contributed by atoms with van der Waals surface area (Å²) in [7, 11) is -3.69. The van der Waals surface area contributed by atoms with Crippen LogP contribution in [0.1, 0.15) is 11.3 Å². The number of carbonyl (C=O) groups is 1. The first-order valence-electron chi connectivity index (χ1n) is 7.38. The summed E-state index contributed by atoms with van der Waals surface area (Å²) in [5, 5.41) is 2.38. The van der Waals surface area contributed by atoms with Crippen LogP contribution in [0.4, 0.5) is 18.9 Å². The van der Waals surface area contributed by atoms with Crippen molar-refractivity contribution in [3.63, 3.8) is 0 Å². The van der Waals surface area contributed by atoms with Gasteiger partial charge in [0.1, 0.15) is 0 Å². The van der Waals surface area contributed by atoms with Gasteiger partial charge >= 0.3 is 6.18 Å². The van der Waals surface area contributed by atoms with E-state index in [1.54, 1.807) is 18.2 Å². The fourth-order valence-electron chi connectivity index (χ4n) is 2.07. The van der Waals surface area contributed by atoms with E-state index >= 15 is 0 Å². The molecule has 1 amide bonds. The van der Waals surface area contributed by atoms with Crippen LogP contribution in [-0.4, -0.2) is 36.4 Å². The number of halogens is 3. The number of nitrogens with zero attached hydrogens (tertiary/aromatic N) is 2. The maximum absolute atomic E-state index is 12.5. The van der Waals surface area contributed by atoms with Gasteiger partial charge in [0.25, 0.3) is 0 Å². The van der Waals surface area contributed by atoms with Crippen LogP contribution in [0.3, 0.4) is 0 Å². The predicted molar refractivity (Wildman–Crippen MR) is 89.6 cm³/mol. The lowest BCUT2D eigenvalue weighted by molar-refractivity contribution is -0.137. The lowest BCUT2D eigenvalue weighted by Gasteiger charge is -2.19. The van der Waals surface area contributed by atoms with Gasteiger partial charge in [0.15, 0.2) is 0 Å². The Hall–Kier alpha value is -2.46. The van der Waals surface area contributed by atoms with Gasteiger partial charge in [-0.15, -0.1) is 0 Å². The van der Waals surface area contributed by atoms with Gasteiger partial charge in [0.05, 0.1) is 30.6 Å². The van der Waals surface area contributed by atoms with E-state index in [4.69, 9.17) is 0 Å². The topological polar surface area (TPSA) is 79.4 Å². The van der Waals surface area contributed by atoms with Crippen molar-refractivity contribution in [2.45, 2.75) is 12.7 Å². The number of sulfonamides is 1. The molecule has 2 aromatic rings. The first kappa shape index (κ1) is 19.9. The zero-order valence-corrected chi connectivity index (χ0v) is 14.5. The molecule has 0 saturated carbocycles. The minimum absolute atomic E-state index is 0.0971. The molecule has 1 aromatic carbocycles. The molecule has 140 valence electrons. The molecule has 0 fully saturated rings. The standard InChI is InChI=1S/C16H16F3N3O3S/c1-26(24,25)22(10-14-4-2-3-9-20-14)11-15(23)21-13-7-5-12(6-8-13)16(17,18)19/h2-9H,10-11H2,1H3,(H,21,23). The summed E-state index contributed by atoms with van der Waals surface area (Å²) in [6, 6.07) is 8.84. The van der Waals surface area contributed by atoms with Gasteiger partial charge in [-0.05, 0) is 36.4 Å². The maximum Gasteiger partial charge on any atom is 0.416 e. The number of rotatable bonds is 6. The van der Waals surface area contributed by atoms with Gasteiger partial charge in [-0.25, -0.2) is 8.42 Å². The lowest BCUT2D eigenvalue weighted by Crippen LogP contribution is -2.37. The van der Waals surface area contributed by atoms with Crippen molar-refractivity contribution in [2.24, 2.45) is 0 Å². The Bertz CT molecular complexity index is 854. The molecule has 26 heavy (non-hydrogen) atoms. The lowest BCUT2D eigenvalue weighted by atomic mass is 10.2. The molecule has 0 unspecified atom stereocenters. The quantitative estimate of drug-likeness (QED) is 0.826. The number of aromatic nitrogens is 1. The van der Waals surface area contributed by atoms with Crippen molar-refractivity contribution in [1.82, 2.24) is 9.29 Å². The van der Waals surface area contributed by atoms with Crippen molar-refractivity contribution in [1.29, 1.82) is 0 Å². The molecule has 10 heteroatoms. The van der Waals surface area contributed by atoms with Gasteiger partial charge in [-0.2, -0.15) is 17.5 Å². The molecule has 1 aromatic heterocycles. The summed E-state index contributed by atoms with van der Waals surface area (Å²) in [5.41, 5.74) is -0.252. The Balaban J connectivity index is 2.05. The molecule has 2 rings (SSSR count). The van der Waals surface area contributed by atoms with Gasteiger partial charge in [-0.3, -0.25) is 9.78 Å². The summed E-state index contributed by atoms with van der Waals surface area (Å²) in [6.45, 7) is -0.587. The molecule has 0 atom stereocenters. The number of hydrogen-bond donors (Lipinski definition) is 1. The van der Waals surface area contributed by atoms with Crippen LogP contribution in [0.15, 0.2) is 48.7 Å². The Morgan fingerprint density at radius 3 is 2.31 bits per heavy atom. The molecule has 0 spiro atoms. The van der Waals surface area contributed by atoms with E-state index in [9.17, 15) is 26.4 Å².